The first-order valence-electron chi connectivity index (χ1n) is 6.90. The van der Waals surface area contributed by atoms with E-state index in [4.69, 9.17) is 10.3 Å². The summed E-state index contributed by atoms with van der Waals surface area (Å²) in [6, 6.07) is 26.1. The highest BCUT2D eigenvalue weighted by Gasteiger charge is 2.06. The Morgan fingerprint density at radius 3 is 1.39 bits per heavy atom. The zero-order valence-electron chi connectivity index (χ0n) is 12.3. The quantitative estimate of drug-likeness (QED) is 0.553. The Balaban J connectivity index is 0.000000168. The molecule has 0 aliphatic rings. The van der Waals surface area contributed by atoms with Crippen molar-refractivity contribution in [3.63, 3.8) is 0 Å². The summed E-state index contributed by atoms with van der Waals surface area (Å²) in [5.41, 5.74) is 8.30. The molecule has 3 rings (SSSR count). The molecule has 3 aromatic carbocycles. The van der Waals surface area contributed by atoms with E-state index in [-0.39, 0.29) is 4.90 Å². The van der Waals surface area contributed by atoms with Crippen LogP contribution in [-0.2, 0) is 10.1 Å². The average Bonchev–Trinajstić information content (AvgIpc) is 2.57. The van der Waals surface area contributed by atoms with E-state index in [1.54, 1.807) is 0 Å². The average molecular weight is 327 g/mol. The summed E-state index contributed by atoms with van der Waals surface area (Å²) in [5, 5.41) is 0. The van der Waals surface area contributed by atoms with Crippen LogP contribution in [0.2, 0.25) is 0 Å². The number of nitrogen functional groups attached to an aromatic ring is 1. The van der Waals surface area contributed by atoms with E-state index < -0.39 is 10.1 Å². The Bertz CT molecular complexity index is 793. The Hall–Kier alpha value is -2.63. The fourth-order valence-corrected chi connectivity index (χ4v) is 2.38. The van der Waals surface area contributed by atoms with Gasteiger partial charge < -0.3 is 5.73 Å². The summed E-state index contributed by atoms with van der Waals surface area (Å²) in [4.78, 5) is -0.147. The summed E-state index contributed by atoms with van der Waals surface area (Å²) in [7, 11) is -4.08. The van der Waals surface area contributed by atoms with Gasteiger partial charge in [0.25, 0.3) is 10.1 Å². The summed E-state index contributed by atoms with van der Waals surface area (Å²) >= 11 is 0. The van der Waals surface area contributed by atoms with Gasteiger partial charge in [-0.05, 0) is 35.4 Å². The van der Waals surface area contributed by atoms with Gasteiger partial charge in [-0.3, -0.25) is 4.55 Å². The Morgan fingerprint density at radius 2 is 1.04 bits per heavy atom. The molecule has 0 heterocycles. The zero-order valence-corrected chi connectivity index (χ0v) is 13.1. The summed E-state index contributed by atoms with van der Waals surface area (Å²) in [6.07, 6.45) is 0. The lowest BCUT2D eigenvalue weighted by molar-refractivity contribution is 0.483. The maximum Gasteiger partial charge on any atom is 0.294 e. The third kappa shape index (κ3) is 5.25. The molecule has 3 aromatic rings. The van der Waals surface area contributed by atoms with Crippen molar-refractivity contribution in [2.75, 3.05) is 5.73 Å². The highest BCUT2D eigenvalue weighted by Crippen LogP contribution is 2.17. The molecule has 4 nitrogen and oxygen atoms in total. The van der Waals surface area contributed by atoms with Crippen LogP contribution in [0.25, 0.3) is 11.1 Å². The predicted octanol–water partition coefficient (Wildman–Crippen LogP) is 3.87. The maximum absolute atomic E-state index is 10.5. The standard InChI is InChI=1S/C12H10.C6H7NO3S/c1-3-7-11(8-4-1)12-9-5-2-6-10-12;7-5-1-3-6(4-2-5)11(8,9)10/h1-10H;1-4H,7H2,(H,8,9,10). The first kappa shape index (κ1) is 16.7. The molecule has 0 bridgehead atoms. The Kier molecular flexibility index (Phi) is 5.51. The number of anilines is 1. The molecule has 0 spiro atoms. The van der Waals surface area contributed by atoms with Gasteiger partial charge in [-0.25, -0.2) is 0 Å². The lowest BCUT2D eigenvalue weighted by atomic mass is 10.1. The zero-order chi connectivity index (χ0) is 16.7. The van der Waals surface area contributed by atoms with Crippen molar-refractivity contribution in [1.29, 1.82) is 0 Å². The molecule has 3 N–H and O–H groups in total. The molecule has 0 unspecified atom stereocenters. The SMILES string of the molecule is Nc1ccc(S(=O)(=O)O)cc1.c1ccc(-c2ccccc2)cc1. The summed E-state index contributed by atoms with van der Waals surface area (Å²) in [6.45, 7) is 0. The van der Waals surface area contributed by atoms with Gasteiger partial charge in [0.15, 0.2) is 0 Å². The first-order valence-corrected chi connectivity index (χ1v) is 8.34. The van der Waals surface area contributed by atoms with Gasteiger partial charge in [-0.15, -0.1) is 0 Å². The van der Waals surface area contributed by atoms with E-state index in [2.05, 4.69) is 48.5 Å². The topological polar surface area (TPSA) is 80.4 Å². The molecular weight excluding hydrogens is 310 g/mol. The van der Waals surface area contributed by atoms with Crippen LogP contribution >= 0.6 is 0 Å². The minimum atomic E-state index is -4.08. The minimum Gasteiger partial charge on any atom is -0.399 e. The van der Waals surface area contributed by atoms with Crippen molar-refractivity contribution in [2.24, 2.45) is 0 Å². The van der Waals surface area contributed by atoms with E-state index in [0.29, 0.717) is 5.69 Å². The monoisotopic (exact) mass is 327 g/mol. The van der Waals surface area contributed by atoms with Gasteiger partial charge >= 0.3 is 0 Å². The fraction of sp³-hybridized carbons (Fsp3) is 0. The van der Waals surface area contributed by atoms with Crippen molar-refractivity contribution in [3.05, 3.63) is 84.9 Å². The van der Waals surface area contributed by atoms with Gasteiger partial charge in [0.1, 0.15) is 0 Å². The highest BCUT2D eigenvalue weighted by atomic mass is 32.2. The molecular formula is C18H17NO3S. The lowest BCUT2D eigenvalue weighted by Gasteiger charge is -1.98. The van der Waals surface area contributed by atoms with Crippen LogP contribution in [0.4, 0.5) is 5.69 Å². The maximum atomic E-state index is 10.5. The fourth-order valence-electron chi connectivity index (χ4n) is 1.90. The van der Waals surface area contributed by atoms with Gasteiger partial charge in [-0.2, -0.15) is 8.42 Å². The first-order chi connectivity index (χ1) is 11.0. The van der Waals surface area contributed by atoms with E-state index in [1.165, 1.54) is 35.4 Å². The summed E-state index contributed by atoms with van der Waals surface area (Å²) in [5.74, 6) is 0. The normalized spacial score (nSPS) is 10.5. The second-order valence-electron chi connectivity index (χ2n) is 4.78. The van der Waals surface area contributed by atoms with Gasteiger partial charge in [0, 0.05) is 5.69 Å². The molecule has 0 aromatic heterocycles. The van der Waals surface area contributed by atoms with E-state index >= 15 is 0 Å². The smallest absolute Gasteiger partial charge is 0.294 e. The number of hydrogen-bond acceptors (Lipinski definition) is 3. The van der Waals surface area contributed by atoms with Crippen molar-refractivity contribution < 1.29 is 13.0 Å². The lowest BCUT2D eigenvalue weighted by Crippen LogP contribution is -1.97. The van der Waals surface area contributed by atoms with Crippen LogP contribution in [0, 0.1) is 0 Å². The number of benzene rings is 3. The molecule has 0 saturated heterocycles. The van der Waals surface area contributed by atoms with Crippen LogP contribution in [0.1, 0.15) is 0 Å². The second kappa shape index (κ2) is 7.58. The van der Waals surface area contributed by atoms with Crippen LogP contribution in [0.15, 0.2) is 89.8 Å². The van der Waals surface area contributed by atoms with Crippen molar-refractivity contribution in [2.45, 2.75) is 4.90 Å². The number of hydrogen-bond donors (Lipinski definition) is 2. The largest absolute Gasteiger partial charge is 0.399 e. The number of nitrogens with two attached hydrogens (primary N) is 1. The molecule has 0 amide bonds. The van der Waals surface area contributed by atoms with Crippen LogP contribution in [-0.4, -0.2) is 13.0 Å². The van der Waals surface area contributed by atoms with Crippen LogP contribution < -0.4 is 5.73 Å². The van der Waals surface area contributed by atoms with E-state index in [0.717, 1.165) is 0 Å². The minimum absolute atomic E-state index is 0.147. The molecule has 23 heavy (non-hydrogen) atoms. The second-order valence-corrected chi connectivity index (χ2v) is 6.20. The third-order valence-electron chi connectivity index (χ3n) is 3.06. The molecule has 0 saturated carbocycles. The van der Waals surface area contributed by atoms with Crippen LogP contribution in [0.3, 0.4) is 0 Å². The number of rotatable bonds is 2. The molecule has 0 aliphatic carbocycles. The van der Waals surface area contributed by atoms with Crippen molar-refractivity contribution >= 4 is 15.8 Å². The molecule has 118 valence electrons. The van der Waals surface area contributed by atoms with E-state index in [1.807, 2.05) is 12.1 Å². The van der Waals surface area contributed by atoms with Gasteiger partial charge in [0.2, 0.25) is 0 Å². The predicted molar refractivity (Wildman–Crippen MR) is 92.5 cm³/mol. The Morgan fingerprint density at radius 1 is 0.652 bits per heavy atom. The highest BCUT2D eigenvalue weighted by molar-refractivity contribution is 7.85. The molecule has 5 heteroatoms. The van der Waals surface area contributed by atoms with Gasteiger partial charge in [-0.1, -0.05) is 60.7 Å². The summed E-state index contributed by atoms with van der Waals surface area (Å²) < 4.78 is 29.4. The Labute approximate surface area is 136 Å². The molecule has 0 radical (unpaired) electrons. The molecule has 0 fully saturated rings. The molecule has 0 aliphatic heterocycles. The third-order valence-corrected chi connectivity index (χ3v) is 3.93. The van der Waals surface area contributed by atoms with Crippen LogP contribution in [0.5, 0.6) is 0 Å². The molecule has 0 atom stereocenters. The van der Waals surface area contributed by atoms with Gasteiger partial charge in [0.05, 0.1) is 4.90 Å². The van der Waals surface area contributed by atoms with E-state index in [9.17, 15) is 8.42 Å². The van der Waals surface area contributed by atoms with Crippen molar-refractivity contribution in [1.82, 2.24) is 0 Å². The van der Waals surface area contributed by atoms with Crippen molar-refractivity contribution in [3.8, 4) is 11.1 Å².